The van der Waals surface area contributed by atoms with Gasteiger partial charge in [0.25, 0.3) is 5.91 Å². The molecular weight excluding hydrogens is 390 g/mol. The van der Waals surface area contributed by atoms with E-state index in [0.29, 0.717) is 38.0 Å². The Balaban J connectivity index is 1.25. The van der Waals surface area contributed by atoms with Crippen molar-refractivity contribution in [3.8, 4) is 0 Å². The zero-order valence-electron chi connectivity index (χ0n) is 17.8. The third-order valence-corrected chi connectivity index (χ3v) is 6.60. The summed E-state index contributed by atoms with van der Waals surface area (Å²) in [6, 6.07) is 12.0. The van der Waals surface area contributed by atoms with Gasteiger partial charge in [0.15, 0.2) is 5.65 Å². The van der Waals surface area contributed by atoms with Gasteiger partial charge in [0.2, 0.25) is 0 Å². The average Bonchev–Trinajstić information content (AvgIpc) is 3.44. The number of rotatable bonds is 5. The molecule has 162 valence electrons. The lowest BCUT2D eigenvalue weighted by atomic mass is 9.90. The summed E-state index contributed by atoms with van der Waals surface area (Å²) in [6.45, 7) is 4.72. The standard InChI is InChI=1S/C24H29N5O2/c30-23(28-12-8-24(31,9-13-28)17-27-10-4-5-11-27)20-14-21-22(25-15-20)29(18-26-21)16-19-6-2-1-3-7-19/h1-3,6-7,14-15,18,31H,4-5,8-13,16-17H2. The molecule has 4 heterocycles. The second kappa shape index (κ2) is 8.40. The molecule has 0 radical (unpaired) electrons. The lowest BCUT2D eigenvalue weighted by Crippen LogP contribution is -2.51. The van der Waals surface area contributed by atoms with Crippen LogP contribution in [0, 0.1) is 0 Å². The van der Waals surface area contributed by atoms with Crippen LogP contribution < -0.4 is 0 Å². The minimum Gasteiger partial charge on any atom is -0.388 e. The number of piperidine rings is 1. The summed E-state index contributed by atoms with van der Waals surface area (Å²) in [7, 11) is 0. The van der Waals surface area contributed by atoms with Crippen molar-refractivity contribution in [3.05, 3.63) is 60.0 Å². The lowest BCUT2D eigenvalue weighted by Gasteiger charge is -2.40. The number of fused-ring (bicyclic) bond motifs is 1. The van der Waals surface area contributed by atoms with Gasteiger partial charge in [0.1, 0.15) is 5.52 Å². The van der Waals surface area contributed by atoms with Crippen LogP contribution in [0.4, 0.5) is 0 Å². The number of carbonyl (C=O) groups excluding carboxylic acids is 1. The molecule has 3 aromatic rings. The number of imidazole rings is 1. The molecule has 5 rings (SSSR count). The number of amides is 1. The van der Waals surface area contributed by atoms with Crippen LogP contribution in [0.15, 0.2) is 48.9 Å². The maximum absolute atomic E-state index is 13.1. The van der Waals surface area contributed by atoms with Gasteiger partial charge in [0.05, 0.1) is 24.0 Å². The largest absolute Gasteiger partial charge is 0.388 e. The summed E-state index contributed by atoms with van der Waals surface area (Å²) in [6.07, 6.45) is 7.11. The van der Waals surface area contributed by atoms with Crippen molar-refractivity contribution < 1.29 is 9.90 Å². The zero-order valence-corrected chi connectivity index (χ0v) is 17.8. The van der Waals surface area contributed by atoms with E-state index in [1.54, 1.807) is 12.5 Å². The van der Waals surface area contributed by atoms with Crippen LogP contribution in [0.1, 0.15) is 41.6 Å². The van der Waals surface area contributed by atoms with E-state index in [0.717, 1.165) is 30.8 Å². The highest BCUT2D eigenvalue weighted by molar-refractivity contribution is 5.96. The molecule has 0 unspecified atom stereocenters. The van der Waals surface area contributed by atoms with Crippen molar-refractivity contribution in [1.29, 1.82) is 0 Å². The molecule has 2 aliphatic heterocycles. The van der Waals surface area contributed by atoms with Crippen molar-refractivity contribution in [1.82, 2.24) is 24.3 Å². The highest BCUT2D eigenvalue weighted by Gasteiger charge is 2.36. The Labute approximate surface area is 182 Å². The maximum atomic E-state index is 13.1. The van der Waals surface area contributed by atoms with Gasteiger partial charge in [-0.05, 0) is 50.4 Å². The SMILES string of the molecule is O=C(c1cnc2c(c1)ncn2Cc1ccccc1)N1CCC(O)(CN2CCCC2)CC1. The Hall–Kier alpha value is -2.77. The lowest BCUT2D eigenvalue weighted by molar-refractivity contribution is -0.0367. The van der Waals surface area contributed by atoms with Gasteiger partial charge in [0, 0.05) is 25.8 Å². The number of hydrogen-bond acceptors (Lipinski definition) is 5. The van der Waals surface area contributed by atoms with Crippen LogP contribution in [0.25, 0.3) is 11.2 Å². The smallest absolute Gasteiger partial charge is 0.255 e. The van der Waals surface area contributed by atoms with Gasteiger partial charge in [-0.1, -0.05) is 30.3 Å². The fourth-order valence-electron chi connectivity index (χ4n) is 4.79. The van der Waals surface area contributed by atoms with Crippen molar-refractivity contribution in [2.75, 3.05) is 32.7 Å². The van der Waals surface area contributed by atoms with E-state index in [-0.39, 0.29) is 5.91 Å². The van der Waals surface area contributed by atoms with Gasteiger partial charge in [-0.25, -0.2) is 9.97 Å². The first-order chi connectivity index (χ1) is 15.1. The molecule has 1 aromatic carbocycles. The molecule has 1 amide bonds. The molecule has 0 aliphatic carbocycles. The number of aliphatic hydroxyl groups is 1. The summed E-state index contributed by atoms with van der Waals surface area (Å²) < 4.78 is 2.00. The second-order valence-corrected chi connectivity index (χ2v) is 8.92. The van der Waals surface area contributed by atoms with Crippen LogP contribution in [0.5, 0.6) is 0 Å². The van der Waals surface area contributed by atoms with E-state index in [4.69, 9.17) is 0 Å². The molecule has 7 nitrogen and oxygen atoms in total. The summed E-state index contributed by atoms with van der Waals surface area (Å²) in [5.74, 6) is -0.0322. The van der Waals surface area contributed by atoms with Crippen LogP contribution >= 0.6 is 0 Å². The van der Waals surface area contributed by atoms with Gasteiger partial charge in [-0.15, -0.1) is 0 Å². The maximum Gasteiger partial charge on any atom is 0.255 e. The Morgan fingerprint density at radius 2 is 1.77 bits per heavy atom. The van der Waals surface area contributed by atoms with E-state index in [1.807, 2.05) is 33.7 Å². The minimum absolute atomic E-state index is 0.0322. The predicted molar refractivity (Wildman–Crippen MR) is 119 cm³/mol. The predicted octanol–water partition coefficient (Wildman–Crippen LogP) is 2.54. The summed E-state index contributed by atoms with van der Waals surface area (Å²) in [5, 5.41) is 11.0. The van der Waals surface area contributed by atoms with E-state index in [2.05, 4.69) is 27.0 Å². The number of nitrogens with zero attached hydrogens (tertiary/aromatic N) is 5. The molecule has 2 aliphatic rings. The molecule has 2 aromatic heterocycles. The van der Waals surface area contributed by atoms with Crippen LogP contribution in [-0.4, -0.2) is 73.7 Å². The van der Waals surface area contributed by atoms with Crippen LogP contribution in [0.2, 0.25) is 0 Å². The van der Waals surface area contributed by atoms with Gasteiger partial charge in [-0.2, -0.15) is 0 Å². The second-order valence-electron chi connectivity index (χ2n) is 8.92. The van der Waals surface area contributed by atoms with E-state index < -0.39 is 5.60 Å². The van der Waals surface area contributed by atoms with E-state index >= 15 is 0 Å². The number of β-amino-alcohol motifs (C(OH)–C–C–N with tert-alkyl or cyclic N) is 1. The fourth-order valence-corrected chi connectivity index (χ4v) is 4.79. The molecule has 7 heteroatoms. The van der Waals surface area contributed by atoms with Crippen molar-refractivity contribution in [2.24, 2.45) is 0 Å². The highest BCUT2D eigenvalue weighted by atomic mass is 16.3. The number of hydrogen-bond donors (Lipinski definition) is 1. The van der Waals surface area contributed by atoms with Gasteiger partial charge < -0.3 is 19.5 Å². The number of benzene rings is 1. The summed E-state index contributed by atoms with van der Waals surface area (Å²) >= 11 is 0. The topological polar surface area (TPSA) is 74.5 Å². The van der Waals surface area contributed by atoms with E-state index in [1.165, 1.54) is 18.4 Å². The molecule has 2 saturated heterocycles. The first-order valence-corrected chi connectivity index (χ1v) is 11.2. The van der Waals surface area contributed by atoms with Gasteiger partial charge >= 0.3 is 0 Å². The minimum atomic E-state index is -0.681. The number of aromatic nitrogens is 3. The first kappa shape index (κ1) is 20.2. The first-order valence-electron chi connectivity index (χ1n) is 11.2. The van der Waals surface area contributed by atoms with Crippen molar-refractivity contribution >= 4 is 17.1 Å². The third kappa shape index (κ3) is 4.34. The normalized spacial score (nSPS) is 19.2. The van der Waals surface area contributed by atoms with Crippen LogP contribution in [-0.2, 0) is 6.54 Å². The Bertz CT molecular complexity index is 1050. The Kier molecular flexibility index (Phi) is 5.46. The highest BCUT2D eigenvalue weighted by Crippen LogP contribution is 2.26. The number of likely N-dealkylation sites (tertiary alicyclic amines) is 2. The van der Waals surface area contributed by atoms with Crippen LogP contribution in [0.3, 0.4) is 0 Å². The molecule has 0 saturated carbocycles. The molecule has 0 bridgehead atoms. The average molecular weight is 420 g/mol. The zero-order chi connectivity index (χ0) is 21.3. The van der Waals surface area contributed by atoms with Gasteiger partial charge in [-0.3, -0.25) is 4.79 Å². The third-order valence-electron chi connectivity index (χ3n) is 6.60. The Morgan fingerprint density at radius 1 is 1.03 bits per heavy atom. The van der Waals surface area contributed by atoms with E-state index in [9.17, 15) is 9.90 Å². The summed E-state index contributed by atoms with van der Waals surface area (Å²) in [4.78, 5) is 26.3. The summed E-state index contributed by atoms with van der Waals surface area (Å²) in [5.41, 5.74) is 2.56. The van der Waals surface area contributed by atoms with Crippen molar-refractivity contribution in [3.63, 3.8) is 0 Å². The molecular formula is C24H29N5O2. The molecule has 2 fully saturated rings. The van der Waals surface area contributed by atoms with Crippen molar-refractivity contribution in [2.45, 2.75) is 37.8 Å². The monoisotopic (exact) mass is 419 g/mol. The molecule has 0 spiro atoms. The quantitative estimate of drug-likeness (QED) is 0.688. The number of carbonyl (C=O) groups is 1. The number of pyridine rings is 1. The Morgan fingerprint density at radius 3 is 2.52 bits per heavy atom. The molecule has 1 N–H and O–H groups in total. The molecule has 0 atom stereocenters. The molecule has 31 heavy (non-hydrogen) atoms. The fraction of sp³-hybridized carbons (Fsp3) is 0.458.